The van der Waals surface area contributed by atoms with Gasteiger partial charge in [-0.05, 0) is 41.1 Å². The number of benzene rings is 1. The van der Waals surface area contributed by atoms with Gasteiger partial charge in [0.15, 0.2) is 0 Å². The van der Waals surface area contributed by atoms with Crippen molar-refractivity contribution in [2.75, 3.05) is 5.32 Å². The fraction of sp³-hybridized carbons (Fsp3) is 0.286. The Morgan fingerprint density at radius 3 is 2.71 bits per heavy atom. The fourth-order valence-electron chi connectivity index (χ4n) is 2.14. The number of aromatic nitrogens is 6. The van der Waals surface area contributed by atoms with Crippen LogP contribution in [0.25, 0.3) is 5.69 Å². The maximum absolute atomic E-state index is 4.20. The van der Waals surface area contributed by atoms with E-state index in [1.165, 1.54) is 5.69 Å². The number of hydrogen-bond acceptors (Lipinski definition) is 5. The van der Waals surface area contributed by atoms with Crippen molar-refractivity contribution < 1.29 is 0 Å². The lowest BCUT2D eigenvalue weighted by Crippen LogP contribution is -2.07. The molecule has 2 heterocycles. The molecule has 0 amide bonds. The van der Waals surface area contributed by atoms with Crippen LogP contribution in [0.15, 0.2) is 43.1 Å². The zero-order chi connectivity index (χ0) is 14.5. The second kappa shape index (κ2) is 6.17. The van der Waals surface area contributed by atoms with Crippen LogP contribution >= 0.6 is 0 Å². The molecule has 2 aromatic heterocycles. The van der Waals surface area contributed by atoms with Gasteiger partial charge in [-0.25, -0.2) is 9.67 Å². The Hall–Kier alpha value is -2.70. The molecule has 0 aliphatic carbocycles. The molecule has 0 unspecified atom stereocenters. The summed E-state index contributed by atoms with van der Waals surface area (Å²) in [6.07, 6.45) is 6.45. The number of nitrogens with zero attached hydrogens (tertiary/aromatic N) is 6. The molecule has 0 aliphatic heterocycles. The van der Waals surface area contributed by atoms with Gasteiger partial charge in [0.25, 0.3) is 0 Å². The summed E-state index contributed by atoms with van der Waals surface area (Å²) in [5.41, 5.74) is 3.17. The van der Waals surface area contributed by atoms with Crippen LogP contribution in [-0.4, -0.2) is 29.8 Å². The number of imidazole rings is 1. The lowest BCUT2D eigenvalue weighted by molar-refractivity contribution is 0.651. The van der Waals surface area contributed by atoms with E-state index in [4.69, 9.17) is 0 Å². The van der Waals surface area contributed by atoms with Gasteiger partial charge in [0.2, 0.25) is 0 Å². The number of anilines is 1. The Balaban J connectivity index is 1.64. The number of hydrogen-bond donors (Lipinski definition) is 1. The van der Waals surface area contributed by atoms with E-state index in [0.29, 0.717) is 0 Å². The minimum absolute atomic E-state index is 0.754. The highest BCUT2D eigenvalue weighted by Crippen LogP contribution is 2.13. The van der Waals surface area contributed by atoms with E-state index in [0.717, 1.165) is 30.9 Å². The summed E-state index contributed by atoms with van der Waals surface area (Å²) in [7, 11) is 0. The average Bonchev–Trinajstić information content (AvgIpc) is 3.18. The summed E-state index contributed by atoms with van der Waals surface area (Å²) in [6.45, 7) is 3.91. The van der Waals surface area contributed by atoms with Gasteiger partial charge in [0.1, 0.15) is 6.33 Å². The smallest absolute Gasteiger partial charge is 0.143 e. The first-order valence-electron chi connectivity index (χ1n) is 6.93. The third kappa shape index (κ3) is 3.07. The summed E-state index contributed by atoms with van der Waals surface area (Å²) in [5, 5.41) is 14.5. The number of nitrogens with one attached hydrogen (secondary N) is 1. The van der Waals surface area contributed by atoms with E-state index < -0.39 is 0 Å². The second-order valence-corrected chi connectivity index (χ2v) is 4.73. The summed E-state index contributed by atoms with van der Waals surface area (Å²) in [5.74, 6) is 0. The van der Waals surface area contributed by atoms with E-state index in [1.54, 1.807) is 11.0 Å². The predicted molar refractivity (Wildman–Crippen MR) is 79.0 cm³/mol. The van der Waals surface area contributed by atoms with E-state index >= 15 is 0 Å². The highest BCUT2D eigenvalue weighted by molar-refractivity contribution is 5.48. The first kappa shape index (κ1) is 13.3. The zero-order valence-electron chi connectivity index (χ0n) is 11.8. The van der Waals surface area contributed by atoms with Crippen LogP contribution in [-0.2, 0) is 13.1 Å². The molecule has 0 aliphatic rings. The number of rotatable bonds is 6. The van der Waals surface area contributed by atoms with Crippen molar-refractivity contribution in [2.24, 2.45) is 0 Å². The van der Waals surface area contributed by atoms with Crippen molar-refractivity contribution in [1.29, 1.82) is 0 Å². The largest absolute Gasteiger partial charge is 0.379 e. The topological polar surface area (TPSA) is 73.5 Å². The minimum atomic E-state index is 0.754. The summed E-state index contributed by atoms with van der Waals surface area (Å²) in [6, 6.07) is 7.97. The minimum Gasteiger partial charge on any atom is -0.379 e. The monoisotopic (exact) mass is 283 g/mol. The molecule has 21 heavy (non-hydrogen) atoms. The van der Waals surface area contributed by atoms with Crippen LogP contribution in [0.5, 0.6) is 0 Å². The molecule has 0 fully saturated rings. The Labute approximate surface area is 122 Å². The Morgan fingerprint density at radius 1 is 1.14 bits per heavy atom. The van der Waals surface area contributed by atoms with Crippen molar-refractivity contribution in [3.63, 3.8) is 0 Å². The predicted octanol–water partition coefficient (Wildman–Crippen LogP) is 1.88. The lowest BCUT2D eigenvalue weighted by Gasteiger charge is -2.09. The standard InChI is InChI=1S/C14H17N7/c1-2-7-20-10-15-8-14(20)9-16-12-3-5-13(6-4-12)21-11-17-18-19-21/h3-6,8,10-11,16H,2,7,9H2,1H3. The molecule has 7 heteroatoms. The Kier molecular flexibility index (Phi) is 3.90. The summed E-state index contributed by atoms with van der Waals surface area (Å²) < 4.78 is 3.79. The van der Waals surface area contributed by atoms with Crippen molar-refractivity contribution in [3.8, 4) is 5.69 Å². The third-order valence-electron chi connectivity index (χ3n) is 3.22. The Morgan fingerprint density at radius 2 is 2.00 bits per heavy atom. The highest BCUT2D eigenvalue weighted by Gasteiger charge is 2.02. The molecule has 0 saturated carbocycles. The van der Waals surface area contributed by atoms with Crippen molar-refractivity contribution >= 4 is 5.69 Å². The van der Waals surface area contributed by atoms with E-state index in [9.17, 15) is 0 Å². The van der Waals surface area contributed by atoms with Gasteiger partial charge in [-0.15, -0.1) is 5.10 Å². The first-order chi connectivity index (χ1) is 10.4. The summed E-state index contributed by atoms with van der Waals surface area (Å²) >= 11 is 0. The molecule has 7 nitrogen and oxygen atoms in total. The quantitative estimate of drug-likeness (QED) is 0.747. The molecule has 108 valence electrons. The second-order valence-electron chi connectivity index (χ2n) is 4.73. The maximum atomic E-state index is 4.20. The fourth-order valence-corrected chi connectivity index (χ4v) is 2.14. The molecule has 3 rings (SSSR count). The molecular weight excluding hydrogens is 266 g/mol. The normalized spacial score (nSPS) is 10.7. The van der Waals surface area contributed by atoms with Crippen LogP contribution in [0.1, 0.15) is 19.0 Å². The van der Waals surface area contributed by atoms with Crippen molar-refractivity contribution in [2.45, 2.75) is 26.4 Å². The van der Waals surface area contributed by atoms with Crippen LogP contribution < -0.4 is 5.32 Å². The molecule has 0 atom stereocenters. The van der Waals surface area contributed by atoms with E-state index in [2.05, 4.69) is 37.3 Å². The first-order valence-corrected chi connectivity index (χ1v) is 6.93. The third-order valence-corrected chi connectivity index (χ3v) is 3.22. The number of aryl methyl sites for hydroxylation is 1. The lowest BCUT2D eigenvalue weighted by atomic mass is 10.2. The molecule has 0 bridgehead atoms. The zero-order valence-corrected chi connectivity index (χ0v) is 11.8. The van der Waals surface area contributed by atoms with Gasteiger partial charge < -0.3 is 9.88 Å². The average molecular weight is 283 g/mol. The van der Waals surface area contributed by atoms with Gasteiger partial charge in [-0.3, -0.25) is 0 Å². The molecule has 0 spiro atoms. The Bertz CT molecular complexity index is 670. The van der Waals surface area contributed by atoms with E-state index in [-0.39, 0.29) is 0 Å². The van der Waals surface area contributed by atoms with Gasteiger partial charge in [0.05, 0.1) is 24.3 Å². The number of tetrazole rings is 1. The van der Waals surface area contributed by atoms with E-state index in [1.807, 2.05) is 36.8 Å². The maximum Gasteiger partial charge on any atom is 0.143 e. The molecule has 0 saturated heterocycles. The molecule has 1 N–H and O–H groups in total. The van der Waals surface area contributed by atoms with Gasteiger partial charge in [0, 0.05) is 18.4 Å². The van der Waals surface area contributed by atoms with Crippen LogP contribution in [0.3, 0.4) is 0 Å². The van der Waals surface area contributed by atoms with Gasteiger partial charge in [-0.1, -0.05) is 6.92 Å². The van der Waals surface area contributed by atoms with Crippen molar-refractivity contribution in [3.05, 3.63) is 48.8 Å². The van der Waals surface area contributed by atoms with Crippen LogP contribution in [0.2, 0.25) is 0 Å². The molecular formula is C14H17N7. The molecule has 3 aromatic rings. The van der Waals surface area contributed by atoms with Crippen molar-refractivity contribution in [1.82, 2.24) is 29.8 Å². The molecule has 0 radical (unpaired) electrons. The SMILES string of the molecule is CCCn1cncc1CNc1ccc(-n2cnnn2)cc1. The summed E-state index contributed by atoms with van der Waals surface area (Å²) in [4.78, 5) is 4.20. The molecule has 1 aromatic carbocycles. The van der Waals surface area contributed by atoms with Crippen LogP contribution in [0, 0.1) is 0 Å². The van der Waals surface area contributed by atoms with Gasteiger partial charge in [-0.2, -0.15) is 0 Å². The van der Waals surface area contributed by atoms with Gasteiger partial charge >= 0.3 is 0 Å². The highest BCUT2D eigenvalue weighted by atomic mass is 15.5. The van der Waals surface area contributed by atoms with Crippen LogP contribution in [0.4, 0.5) is 5.69 Å².